The third kappa shape index (κ3) is 3.72. The van der Waals surface area contributed by atoms with Gasteiger partial charge in [0.15, 0.2) is 0 Å². The van der Waals surface area contributed by atoms with Crippen molar-refractivity contribution in [3.05, 3.63) is 63.1 Å². The van der Waals surface area contributed by atoms with Crippen LogP contribution in [0.3, 0.4) is 0 Å². The second kappa shape index (κ2) is 7.91. The van der Waals surface area contributed by atoms with E-state index in [4.69, 9.17) is 32.7 Å². The van der Waals surface area contributed by atoms with E-state index in [-0.39, 0.29) is 18.2 Å². The molecule has 7 heteroatoms. The molecular formula is C21H21Cl2NO4. The number of aliphatic hydroxyl groups excluding tert-OH is 1. The van der Waals surface area contributed by atoms with Crippen LogP contribution in [0.25, 0.3) is 0 Å². The highest BCUT2D eigenvalue weighted by Gasteiger charge is 2.40. The van der Waals surface area contributed by atoms with Crippen molar-refractivity contribution >= 4 is 29.2 Å². The molecule has 3 atom stereocenters. The Balaban J connectivity index is 1.65. The van der Waals surface area contributed by atoms with Gasteiger partial charge in [-0.05, 0) is 54.3 Å². The van der Waals surface area contributed by atoms with Crippen molar-refractivity contribution in [2.24, 2.45) is 0 Å². The van der Waals surface area contributed by atoms with Crippen molar-refractivity contribution in [3.63, 3.8) is 0 Å². The van der Waals surface area contributed by atoms with Gasteiger partial charge >= 0.3 is 5.97 Å². The van der Waals surface area contributed by atoms with E-state index < -0.39 is 5.97 Å². The lowest BCUT2D eigenvalue weighted by molar-refractivity contribution is 0.0600. The third-order valence-electron chi connectivity index (χ3n) is 5.46. The zero-order valence-electron chi connectivity index (χ0n) is 15.4. The first kappa shape index (κ1) is 19.5. The predicted molar refractivity (Wildman–Crippen MR) is 107 cm³/mol. The number of rotatable bonds is 4. The van der Waals surface area contributed by atoms with Crippen LogP contribution in [0.15, 0.2) is 36.4 Å². The van der Waals surface area contributed by atoms with Crippen LogP contribution in [0.5, 0.6) is 5.75 Å². The van der Waals surface area contributed by atoms with E-state index in [0.29, 0.717) is 27.9 Å². The molecule has 1 N–H and O–H groups in total. The largest absolute Gasteiger partial charge is 0.482 e. The molecule has 5 nitrogen and oxygen atoms in total. The fraction of sp³-hybridized carbons (Fsp3) is 0.381. The summed E-state index contributed by atoms with van der Waals surface area (Å²) in [5.41, 5.74) is 2.59. The van der Waals surface area contributed by atoms with Crippen LogP contribution in [-0.2, 0) is 11.2 Å². The number of esters is 1. The van der Waals surface area contributed by atoms with Crippen LogP contribution in [0.1, 0.15) is 34.0 Å². The zero-order chi connectivity index (χ0) is 19.8. The molecule has 1 aliphatic heterocycles. The van der Waals surface area contributed by atoms with Gasteiger partial charge in [0.25, 0.3) is 0 Å². The van der Waals surface area contributed by atoms with Gasteiger partial charge in [0.05, 0.1) is 29.8 Å². The van der Waals surface area contributed by atoms with Crippen LogP contribution in [0.4, 0.5) is 0 Å². The van der Waals surface area contributed by atoms with Crippen molar-refractivity contribution in [3.8, 4) is 5.75 Å². The highest BCUT2D eigenvalue weighted by molar-refractivity contribution is 6.32. The maximum Gasteiger partial charge on any atom is 0.337 e. The van der Waals surface area contributed by atoms with Crippen molar-refractivity contribution in [2.45, 2.75) is 31.1 Å². The highest BCUT2D eigenvalue weighted by Crippen LogP contribution is 2.41. The molecule has 0 bridgehead atoms. The lowest BCUT2D eigenvalue weighted by atomic mass is 10.1. The van der Waals surface area contributed by atoms with E-state index in [1.807, 2.05) is 18.2 Å². The van der Waals surface area contributed by atoms with Crippen molar-refractivity contribution in [1.82, 2.24) is 4.90 Å². The number of hydrogen-bond donors (Lipinski definition) is 1. The molecule has 0 aromatic heterocycles. The number of β-amino-alcohol motifs (C(OH)–C–C–N with tert-alkyl or cyclic N) is 1. The minimum absolute atomic E-state index is 0.0852. The second-order valence-corrected chi connectivity index (χ2v) is 8.07. The van der Waals surface area contributed by atoms with Gasteiger partial charge in [-0.3, -0.25) is 4.90 Å². The van der Waals surface area contributed by atoms with Gasteiger partial charge in [0.2, 0.25) is 0 Å². The number of carbonyl (C=O) groups is 1. The van der Waals surface area contributed by atoms with E-state index in [9.17, 15) is 9.90 Å². The summed E-state index contributed by atoms with van der Waals surface area (Å²) in [4.78, 5) is 14.0. The molecule has 2 aromatic rings. The molecule has 0 saturated carbocycles. The van der Waals surface area contributed by atoms with Crippen LogP contribution in [0, 0.1) is 0 Å². The molecule has 4 rings (SSSR count). The summed E-state index contributed by atoms with van der Waals surface area (Å²) in [5, 5.41) is 11.0. The van der Waals surface area contributed by atoms with Crippen LogP contribution in [0.2, 0.25) is 10.0 Å². The summed E-state index contributed by atoms with van der Waals surface area (Å²) < 4.78 is 11.1. The summed E-state index contributed by atoms with van der Waals surface area (Å²) in [5.74, 6) is 0.0484. The number of fused-ring (bicyclic) bond motifs is 1. The Labute approximate surface area is 173 Å². The second-order valence-electron chi connectivity index (χ2n) is 7.23. The first-order valence-corrected chi connectivity index (χ1v) is 9.97. The Kier molecular flexibility index (Phi) is 5.52. The summed E-state index contributed by atoms with van der Waals surface area (Å²) in [6.07, 6.45) is 1.01. The molecule has 1 saturated heterocycles. The Morgan fingerprint density at radius 2 is 2.04 bits per heavy atom. The first-order valence-electron chi connectivity index (χ1n) is 9.21. The predicted octanol–water partition coefficient (Wildman–Crippen LogP) is 3.89. The first-order chi connectivity index (χ1) is 13.5. The van der Waals surface area contributed by atoms with Crippen molar-refractivity contribution < 1.29 is 19.4 Å². The van der Waals surface area contributed by atoms with Gasteiger partial charge in [-0.1, -0.05) is 29.3 Å². The van der Waals surface area contributed by atoms with Gasteiger partial charge in [0, 0.05) is 18.1 Å². The lowest BCUT2D eigenvalue weighted by Gasteiger charge is -2.30. The molecule has 2 aliphatic rings. The van der Waals surface area contributed by atoms with Crippen LogP contribution < -0.4 is 4.74 Å². The smallest absolute Gasteiger partial charge is 0.337 e. The molecule has 0 unspecified atom stereocenters. The molecule has 148 valence electrons. The number of halogens is 2. The standard InChI is InChI=1S/C21H21Cl2NO4/c1-27-21(26)13-3-5-19(17(23)8-13)28-20-16-10-14(22)4-2-12(16)9-18(20)24-7-6-15(25)11-24/h2-5,8,10,15,18,20,25H,6-7,9,11H2,1H3/t15-,18+,20+/m1/s1. The fourth-order valence-electron chi connectivity index (χ4n) is 4.07. The summed E-state index contributed by atoms with van der Waals surface area (Å²) >= 11 is 12.6. The molecule has 1 heterocycles. The van der Waals surface area contributed by atoms with Gasteiger partial charge in [-0.2, -0.15) is 0 Å². The molecule has 0 radical (unpaired) electrons. The Morgan fingerprint density at radius 1 is 1.21 bits per heavy atom. The minimum atomic E-state index is -0.449. The summed E-state index contributed by atoms with van der Waals surface area (Å²) in [6.45, 7) is 1.45. The van der Waals surface area contributed by atoms with Gasteiger partial charge in [0.1, 0.15) is 11.9 Å². The monoisotopic (exact) mass is 421 g/mol. The lowest BCUT2D eigenvalue weighted by Crippen LogP contribution is -2.39. The van der Waals surface area contributed by atoms with E-state index in [1.54, 1.807) is 18.2 Å². The maximum atomic E-state index is 11.7. The van der Waals surface area contributed by atoms with Crippen LogP contribution in [-0.4, -0.2) is 48.3 Å². The third-order valence-corrected chi connectivity index (χ3v) is 5.99. The van der Waals surface area contributed by atoms with E-state index in [2.05, 4.69) is 4.90 Å². The Bertz CT molecular complexity index is 904. The normalized spacial score (nSPS) is 24.2. The van der Waals surface area contributed by atoms with Gasteiger partial charge < -0.3 is 14.6 Å². The average Bonchev–Trinajstić information content (AvgIpc) is 3.26. The highest BCUT2D eigenvalue weighted by atomic mass is 35.5. The fourth-order valence-corrected chi connectivity index (χ4v) is 4.47. The maximum absolute atomic E-state index is 11.7. The van der Waals surface area contributed by atoms with E-state index in [1.165, 1.54) is 12.7 Å². The number of carbonyl (C=O) groups excluding carboxylic acids is 1. The zero-order valence-corrected chi connectivity index (χ0v) is 16.9. The quantitative estimate of drug-likeness (QED) is 0.758. The molecule has 1 aliphatic carbocycles. The SMILES string of the molecule is COC(=O)c1ccc(O[C@H]2c3cc(Cl)ccc3C[C@@H]2N2CC[C@@H](O)C2)c(Cl)c1. The number of likely N-dealkylation sites (tertiary alicyclic amines) is 1. The summed E-state index contributed by atoms with van der Waals surface area (Å²) in [7, 11) is 1.33. The van der Waals surface area contributed by atoms with Gasteiger partial charge in [-0.15, -0.1) is 0 Å². The number of benzene rings is 2. The van der Waals surface area contributed by atoms with Crippen molar-refractivity contribution in [2.75, 3.05) is 20.2 Å². The van der Waals surface area contributed by atoms with Crippen molar-refractivity contribution in [1.29, 1.82) is 0 Å². The number of ether oxygens (including phenoxy) is 2. The molecule has 28 heavy (non-hydrogen) atoms. The molecule has 0 amide bonds. The number of hydrogen-bond acceptors (Lipinski definition) is 5. The Hall–Kier alpha value is -1.79. The molecule has 2 aromatic carbocycles. The Morgan fingerprint density at radius 3 is 2.71 bits per heavy atom. The molecule has 1 fully saturated rings. The topological polar surface area (TPSA) is 59.0 Å². The van der Waals surface area contributed by atoms with E-state index >= 15 is 0 Å². The average molecular weight is 422 g/mol. The number of nitrogens with zero attached hydrogens (tertiary/aromatic N) is 1. The molecular weight excluding hydrogens is 401 g/mol. The minimum Gasteiger partial charge on any atom is -0.482 e. The molecule has 0 spiro atoms. The van der Waals surface area contributed by atoms with Gasteiger partial charge in [-0.25, -0.2) is 4.79 Å². The van der Waals surface area contributed by atoms with Crippen LogP contribution >= 0.6 is 23.2 Å². The van der Waals surface area contributed by atoms with E-state index in [0.717, 1.165) is 24.9 Å². The number of methoxy groups -OCH3 is 1. The number of aliphatic hydroxyl groups is 1. The summed E-state index contributed by atoms with van der Waals surface area (Å²) in [6, 6.07) is 10.8.